The highest BCUT2D eigenvalue weighted by atomic mass is 16.4. The second-order valence-corrected chi connectivity index (χ2v) is 7.42. The van der Waals surface area contributed by atoms with Crippen LogP contribution in [0.1, 0.15) is 40.7 Å². The van der Waals surface area contributed by atoms with Crippen molar-refractivity contribution in [1.82, 2.24) is 0 Å². The van der Waals surface area contributed by atoms with Crippen molar-refractivity contribution >= 4 is 5.97 Å². The zero-order valence-electron chi connectivity index (χ0n) is 16.4. The van der Waals surface area contributed by atoms with Gasteiger partial charge in [0, 0.05) is 5.41 Å². The van der Waals surface area contributed by atoms with Crippen molar-refractivity contribution in [3.8, 4) is 0 Å². The SMILES string of the molecule is Cc1ccc(C(CC[C@@H](N)C(=O)O)(c2ccccc2)c2ccccc2)cc1C. The molecule has 0 aliphatic carbocycles. The van der Waals surface area contributed by atoms with Crippen LogP contribution in [0.2, 0.25) is 0 Å². The predicted molar refractivity (Wildman–Crippen MR) is 114 cm³/mol. The van der Waals surface area contributed by atoms with Gasteiger partial charge in [0.2, 0.25) is 0 Å². The highest BCUT2D eigenvalue weighted by Crippen LogP contribution is 2.43. The predicted octanol–water partition coefficient (Wildman–Crippen LogP) is 4.83. The van der Waals surface area contributed by atoms with E-state index in [2.05, 4.69) is 56.3 Å². The standard InChI is InChI=1S/C25H27NO2/c1-18-13-14-22(17-19(18)2)25(16-15-23(26)24(27)28,20-9-5-3-6-10-20)21-11-7-4-8-12-21/h3-14,17,23H,15-16,26H2,1-2H3,(H,27,28)/t23-/m1/s1. The van der Waals surface area contributed by atoms with Gasteiger partial charge in [-0.1, -0.05) is 78.9 Å². The van der Waals surface area contributed by atoms with E-state index < -0.39 is 17.4 Å². The summed E-state index contributed by atoms with van der Waals surface area (Å²) in [6.07, 6.45) is 0.989. The smallest absolute Gasteiger partial charge is 0.320 e. The molecule has 3 aromatic carbocycles. The van der Waals surface area contributed by atoms with Crippen molar-refractivity contribution in [1.29, 1.82) is 0 Å². The third-order valence-electron chi connectivity index (χ3n) is 5.68. The van der Waals surface area contributed by atoms with Crippen molar-refractivity contribution in [2.24, 2.45) is 5.73 Å². The fraction of sp³-hybridized carbons (Fsp3) is 0.240. The molecule has 0 aromatic heterocycles. The quantitative estimate of drug-likeness (QED) is 0.583. The number of carbonyl (C=O) groups is 1. The Hall–Kier alpha value is -2.91. The van der Waals surface area contributed by atoms with E-state index in [1.807, 2.05) is 36.4 Å². The van der Waals surface area contributed by atoms with Crippen molar-refractivity contribution in [2.75, 3.05) is 0 Å². The first-order valence-corrected chi connectivity index (χ1v) is 9.62. The topological polar surface area (TPSA) is 63.3 Å². The average Bonchev–Trinajstić information content (AvgIpc) is 2.72. The Bertz CT molecular complexity index is 896. The van der Waals surface area contributed by atoms with Gasteiger partial charge in [0.1, 0.15) is 6.04 Å². The second kappa shape index (κ2) is 8.41. The number of carboxylic acids is 1. The summed E-state index contributed by atoms with van der Waals surface area (Å²) in [6.45, 7) is 4.22. The molecule has 0 unspecified atom stereocenters. The molecule has 0 saturated heterocycles. The van der Waals surface area contributed by atoms with E-state index in [0.717, 1.165) is 16.7 Å². The lowest BCUT2D eigenvalue weighted by atomic mass is 9.66. The maximum atomic E-state index is 11.4. The summed E-state index contributed by atoms with van der Waals surface area (Å²) in [5, 5.41) is 9.35. The molecule has 0 heterocycles. The molecule has 0 bridgehead atoms. The lowest BCUT2D eigenvalue weighted by Gasteiger charge is -2.37. The number of hydrogen-bond donors (Lipinski definition) is 2. The van der Waals surface area contributed by atoms with Crippen LogP contribution in [0.25, 0.3) is 0 Å². The minimum absolute atomic E-state index is 0.381. The summed E-state index contributed by atoms with van der Waals surface area (Å²) in [5.41, 5.74) is 11.3. The Morgan fingerprint density at radius 3 is 1.86 bits per heavy atom. The fourth-order valence-electron chi connectivity index (χ4n) is 3.88. The number of rotatable bonds is 7. The Morgan fingerprint density at radius 2 is 1.39 bits per heavy atom. The molecular formula is C25H27NO2. The molecule has 3 heteroatoms. The molecule has 28 heavy (non-hydrogen) atoms. The minimum atomic E-state index is -0.963. The van der Waals surface area contributed by atoms with Gasteiger partial charge < -0.3 is 10.8 Å². The molecular weight excluding hydrogens is 346 g/mol. The molecule has 0 fully saturated rings. The minimum Gasteiger partial charge on any atom is -0.480 e. The summed E-state index contributed by atoms with van der Waals surface area (Å²) >= 11 is 0. The first-order chi connectivity index (χ1) is 13.4. The van der Waals surface area contributed by atoms with Crippen molar-refractivity contribution in [3.05, 3.63) is 107 Å². The van der Waals surface area contributed by atoms with E-state index in [1.54, 1.807) is 0 Å². The Balaban J connectivity index is 2.25. The Kier molecular flexibility index (Phi) is 5.96. The average molecular weight is 373 g/mol. The summed E-state index contributed by atoms with van der Waals surface area (Å²) in [6, 6.07) is 26.3. The number of nitrogens with two attached hydrogens (primary N) is 1. The number of benzene rings is 3. The number of aryl methyl sites for hydroxylation is 2. The highest BCUT2D eigenvalue weighted by Gasteiger charge is 2.37. The van der Waals surface area contributed by atoms with Crippen LogP contribution in [0.3, 0.4) is 0 Å². The molecule has 0 radical (unpaired) electrons. The van der Waals surface area contributed by atoms with Crippen LogP contribution < -0.4 is 5.73 Å². The summed E-state index contributed by atoms with van der Waals surface area (Å²) < 4.78 is 0. The van der Waals surface area contributed by atoms with E-state index in [1.165, 1.54) is 11.1 Å². The molecule has 3 rings (SSSR count). The van der Waals surface area contributed by atoms with Crippen molar-refractivity contribution in [3.63, 3.8) is 0 Å². The molecule has 0 amide bonds. The lowest BCUT2D eigenvalue weighted by molar-refractivity contribution is -0.138. The van der Waals surface area contributed by atoms with E-state index >= 15 is 0 Å². The third kappa shape index (κ3) is 3.85. The first-order valence-electron chi connectivity index (χ1n) is 9.62. The highest BCUT2D eigenvalue weighted by molar-refractivity contribution is 5.73. The van der Waals surface area contributed by atoms with E-state index in [9.17, 15) is 9.90 Å². The molecule has 0 aliphatic rings. The van der Waals surface area contributed by atoms with Crippen LogP contribution >= 0.6 is 0 Å². The maximum absolute atomic E-state index is 11.4. The monoisotopic (exact) mass is 373 g/mol. The van der Waals surface area contributed by atoms with E-state index in [0.29, 0.717) is 12.8 Å². The summed E-state index contributed by atoms with van der Waals surface area (Å²) in [7, 11) is 0. The maximum Gasteiger partial charge on any atom is 0.320 e. The van der Waals surface area contributed by atoms with Crippen LogP contribution in [0.5, 0.6) is 0 Å². The fourth-order valence-corrected chi connectivity index (χ4v) is 3.88. The molecule has 3 nitrogen and oxygen atoms in total. The van der Waals surface area contributed by atoms with Crippen molar-refractivity contribution in [2.45, 2.75) is 38.1 Å². The van der Waals surface area contributed by atoms with Gasteiger partial charge in [-0.25, -0.2) is 0 Å². The first kappa shape index (κ1) is 19.8. The zero-order valence-corrected chi connectivity index (χ0v) is 16.4. The zero-order chi connectivity index (χ0) is 20.1. The van der Waals surface area contributed by atoms with Crippen LogP contribution in [-0.4, -0.2) is 17.1 Å². The molecule has 0 saturated carbocycles. The van der Waals surface area contributed by atoms with Crippen LogP contribution in [0.15, 0.2) is 78.9 Å². The van der Waals surface area contributed by atoms with E-state index in [4.69, 9.17) is 5.73 Å². The molecule has 144 valence electrons. The van der Waals surface area contributed by atoms with Gasteiger partial charge in [-0.3, -0.25) is 4.79 Å². The van der Waals surface area contributed by atoms with Crippen LogP contribution in [0.4, 0.5) is 0 Å². The molecule has 3 N–H and O–H groups in total. The van der Waals surface area contributed by atoms with Crippen molar-refractivity contribution < 1.29 is 9.90 Å². The molecule has 0 spiro atoms. The molecule has 1 atom stereocenters. The summed E-state index contributed by atoms with van der Waals surface area (Å²) in [5.74, 6) is -0.963. The number of hydrogen-bond acceptors (Lipinski definition) is 2. The number of carboxylic acid groups (broad SMARTS) is 1. The third-order valence-corrected chi connectivity index (χ3v) is 5.68. The van der Waals surface area contributed by atoms with Gasteiger partial charge in [-0.15, -0.1) is 0 Å². The largest absolute Gasteiger partial charge is 0.480 e. The Labute approximate surface area is 166 Å². The normalized spacial score (nSPS) is 12.5. The number of aliphatic carboxylic acids is 1. The lowest BCUT2D eigenvalue weighted by Crippen LogP contribution is -2.36. The van der Waals surface area contributed by atoms with E-state index in [-0.39, 0.29) is 0 Å². The van der Waals surface area contributed by atoms with Gasteiger partial charge in [0.25, 0.3) is 0 Å². The van der Waals surface area contributed by atoms with Gasteiger partial charge in [-0.05, 0) is 54.5 Å². The van der Waals surface area contributed by atoms with Gasteiger partial charge in [0.15, 0.2) is 0 Å². The summed E-state index contributed by atoms with van der Waals surface area (Å²) in [4.78, 5) is 11.4. The Morgan fingerprint density at radius 1 is 0.857 bits per heavy atom. The van der Waals surface area contributed by atoms with Crippen LogP contribution in [-0.2, 0) is 10.2 Å². The van der Waals surface area contributed by atoms with Gasteiger partial charge in [0.05, 0.1) is 0 Å². The second-order valence-electron chi connectivity index (χ2n) is 7.42. The molecule has 3 aromatic rings. The van der Waals surface area contributed by atoms with Gasteiger partial charge >= 0.3 is 5.97 Å². The van der Waals surface area contributed by atoms with Gasteiger partial charge in [-0.2, -0.15) is 0 Å². The molecule has 0 aliphatic heterocycles. The van der Waals surface area contributed by atoms with Crippen LogP contribution in [0, 0.1) is 13.8 Å².